The van der Waals surface area contributed by atoms with Crippen molar-refractivity contribution in [1.29, 1.82) is 0 Å². The maximum absolute atomic E-state index is 17.7. The van der Waals surface area contributed by atoms with Gasteiger partial charge in [0, 0.05) is 57.0 Å². The SMILES string of the molecule is C[C@H]1C[C@H](C2CC3CCCC34c3ccc5[nH]c(nc5c3)C(NC(=O)O)(C3CCOCC3)C(=O)N24)N(c2cc(F)c(N3CCCCC3)c(F)c2)[C@]1(C)C1CC2CCC[C@@]23c2ccc4[nH]c(nc4c2)[C@@](NC(=O)O)(C2CCOCC2)C(=O)N13. The lowest BCUT2D eigenvalue weighted by Gasteiger charge is -2.55. The van der Waals surface area contributed by atoms with Crippen LogP contribution in [0.2, 0.25) is 0 Å². The average Bonchev–Trinajstić information content (AvgIpc) is 2.70. The van der Waals surface area contributed by atoms with E-state index in [0.29, 0.717) is 125 Å². The van der Waals surface area contributed by atoms with Gasteiger partial charge in [0.05, 0.1) is 56.8 Å². The topological polar surface area (TPSA) is 222 Å². The van der Waals surface area contributed by atoms with Crippen LogP contribution in [-0.4, -0.2) is 127 Å². The fourth-order valence-corrected chi connectivity index (χ4v) is 19.2. The minimum atomic E-state index is -1.88. The second kappa shape index (κ2) is 18.2. The van der Waals surface area contributed by atoms with Crippen molar-refractivity contribution in [3.8, 4) is 0 Å². The van der Waals surface area contributed by atoms with E-state index in [0.717, 1.165) is 56.1 Å². The van der Waals surface area contributed by atoms with Gasteiger partial charge in [0.25, 0.3) is 11.8 Å². The molecule has 8 aliphatic heterocycles. The second-order valence-electron chi connectivity index (χ2n) is 25.9. The molecule has 2 aromatic heterocycles. The minimum Gasteiger partial charge on any atom is -0.465 e. The van der Waals surface area contributed by atoms with Gasteiger partial charge in [-0.25, -0.2) is 28.3 Å². The molecule has 20 heteroatoms. The van der Waals surface area contributed by atoms with Crippen molar-refractivity contribution in [2.75, 3.05) is 49.3 Å². The van der Waals surface area contributed by atoms with Gasteiger partial charge in [0.15, 0.2) is 22.7 Å². The van der Waals surface area contributed by atoms with E-state index < -0.39 is 93.3 Å². The zero-order valence-electron chi connectivity index (χ0n) is 46.1. The Morgan fingerprint density at radius 2 is 1.12 bits per heavy atom. The molecule has 428 valence electrons. The number of hydrogen-bond acceptors (Lipinski definition) is 10. The predicted octanol–water partition coefficient (Wildman–Crippen LogP) is 9.08. The van der Waals surface area contributed by atoms with Crippen LogP contribution in [0.1, 0.15) is 139 Å². The Morgan fingerprint density at radius 1 is 0.630 bits per heavy atom. The smallest absolute Gasteiger partial charge is 0.405 e. The molecular weight excluding hydrogens is 1040 g/mol. The molecule has 11 atom stereocenters. The molecular formula is C61H72F2N10O8. The molecule has 2 spiro atoms. The lowest BCUT2D eigenvalue weighted by atomic mass is 9.74. The third-order valence-corrected chi connectivity index (χ3v) is 22.7. The first kappa shape index (κ1) is 51.3. The molecule has 3 aromatic carbocycles. The Bertz CT molecular complexity index is 3410. The van der Waals surface area contributed by atoms with E-state index >= 15 is 18.4 Å². The van der Waals surface area contributed by atoms with Gasteiger partial charge in [0.2, 0.25) is 0 Å². The zero-order chi connectivity index (χ0) is 55.5. The first-order valence-corrected chi connectivity index (χ1v) is 30.0. The summed E-state index contributed by atoms with van der Waals surface area (Å²) in [5.74, 6) is -3.32. The van der Waals surface area contributed by atoms with Crippen molar-refractivity contribution in [3.05, 3.63) is 82.9 Å². The number of benzene rings is 3. The first-order valence-electron chi connectivity index (χ1n) is 30.0. The van der Waals surface area contributed by atoms with Crippen LogP contribution in [0.3, 0.4) is 0 Å². The van der Waals surface area contributed by atoms with Crippen molar-refractivity contribution in [2.24, 2.45) is 29.6 Å². The highest BCUT2D eigenvalue weighted by molar-refractivity contribution is 5.95. The molecule has 2 aliphatic carbocycles. The van der Waals surface area contributed by atoms with Crippen LogP contribution < -0.4 is 20.4 Å². The molecule has 8 fully saturated rings. The van der Waals surface area contributed by atoms with E-state index in [4.69, 9.17) is 19.4 Å². The molecule has 15 rings (SSSR count). The van der Waals surface area contributed by atoms with E-state index in [1.165, 1.54) is 12.1 Å². The molecule has 18 nitrogen and oxygen atoms in total. The summed E-state index contributed by atoms with van der Waals surface area (Å²) in [5.41, 5.74) is -1.94. The fourth-order valence-electron chi connectivity index (χ4n) is 19.2. The van der Waals surface area contributed by atoms with Gasteiger partial charge in [-0.15, -0.1) is 0 Å². The Labute approximate surface area is 468 Å². The molecule has 10 heterocycles. The highest BCUT2D eigenvalue weighted by atomic mass is 19.1. The van der Waals surface area contributed by atoms with Gasteiger partial charge < -0.3 is 59.9 Å². The van der Waals surface area contributed by atoms with E-state index in [2.05, 4.69) is 68.5 Å². The summed E-state index contributed by atoms with van der Waals surface area (Å²) in [4.78, 5) is 86.6. The summed E-state index contributed by atoms with van der Waals surface area (Å²) in [6.45, 7) is 6.63. The van der Waals surface area contributed by atoms with Gasteiger partial charge in [-0.05, 0) is 162 Å². The molecule has 0 radical (unpaired) electrons. The number of aromatic amines is 2. The number of carbonyl (C=O) groups is 4. The number of fused-ring (bicyclic) bond motifs is 4. The summed E-state index contributed by atoms with van der Waals surface area (Å²) >= 11 is 0. The van der Waals surface area contributed by atoms with Gasteiger partial charge >= 0.3 is 12.2 Å². The van der Waals surface area contributed by atoms with Crippen LogP contribution in [0, 0.1) is 41.2 Å². The maximum Gasteiger partial charge on any atom is 0.405 e. The minimum absolute atomic E-state index is 0.0685. The molecule has 2 saturated carbocycles. The maximum atomic E-state index is 17.7. The third kappa shape index (κ3) is 6.88. The summed E-state index contributed by atoms with van der Waals surface area (Å²) in [7, 11) is 0. The third-order valence-electron chi connectivity index (χ3n) is 22.7. The number of piperidine rings is 1. The predicted molar refractivity (Wildman–Crippen MR) is 294 cm³/mol. The van der Waals surface area contributed by atoms with Crippen LogP contribution in [0.25, 0.3) is 22.1 Å². The van der Waals surface area contributed by atoms with Gasteiger partial charge in [-0.1, -0.05) is 31.9 Å². The van der Waals surface area contributed by atoms with E-state index in [1.54, 1.807) is 4.90 Å². The Morgan fingerprint density at radius 3 is 1.65 bits per heavy atom. The van der Waals surface area contributed by atoms with Crippen molar-refractivity contribution in [2.45, 2.75) is 162 Å². The van der Waals surface area contributed by atoms with Crippen molar-refractivity contribution in [3.63, 3.8) is 0 Å². The van der Waals surface area contributed by atoms with Gasteiger partial charge in [-0.3, -0.25) is 9.59 Å². The molecule has 6 N–H and O–H groups in total. The number of nitrogens with zero attached hydrogens (tertiary/aromatic N) is 6. The van der Waals surface area contributed by atoms with Crippen LogP contribution >= 0.6 is 0 Å². The molecule has 10 aliphatic rings. The highest BCUT2D eigenvalue weighted by Gasteiger charge is 2.72. The van der Waals surface area contributed by atoms with Crippen molar-refractivity contribution in [1.82, 2.24) is 40.4 Å². The van der Waals surface area contributed by atoms with Crippen molar-refractivity contribution < 1.29 is 47.6 Å². The molecule has 6 saturated heterocycles. The lowest BCUT2D eigenvalue weighted by molar-refractivity contribution is -0.154. The number of carbonyl (C=O) groups excluding carboxylic acids is 2. The molecule has 4 amide bonds. The van der Waals surface area contributed by atoms with E-state index in [9.17, 15) is 19.8 Å². The average molecular weight is 1110 g/mol. The number of ether oxygens (including phenoxy) is 2. The number of H-pyrrole nitrogens is 2. The number of imidazole rings is 2. The second-order valence-corrected chi connectivity index (χ2v) is 25.9. The van der Waals surface area contributed by atoms with Crippen LogP contribution in [0.4, 0.5) is 29.7 Å². The van der Waals surface area contributed by atoms with Gasteiger partial charge in [0.1, 0.15) is 17.3 Å². The zero-order valence-corrected chi connectivity index (χ0v) is 46.1. The Kier molecular flexibility index (Phi) is 11.6. The van der Waals surface area contributed by atoms with Crippen LogP contribution in [-0.2, 0) is 41.2 Å². The number of amides is 4. The molecule has 5 aromatic rings. The quantitative estimate of drug-likeness (QED) is 0.0857. The number of rotatable bonds is 8. The number of anilines is 2. The Balaban J connectivity index is 0.955. The number of halogens is 2. The summed E-state index contributed by atoms with van der Waals surface area (Å²) in [5, 5.41) is 27.8. The summed E-state index contributed by atoms with van der Waals surface area (Å²) in [6, 6.07) is 13.3. The molecule has 6 unspecified atom stereocenters. The van der Waals surface area contributed by atoms with E-state index in [-0.39, 0.29) is 35.1 Å². The number of nitrogens with one attached hydrogen (secondary N) is 4. The standard InChI is InChI=1S/C61H72F2N10O8/c1-33-26-47(48-29-36-8-6-18-58(36)38-10-12-43-45(27-38)66-51(64-43)60(68-55(76)77,53(74)72(48)58)34-14-22-80-23-15-34)71(40-31-41(62)50(42(63)32-40)70-20-4-3-5-21-70)57(33,2)49-30-37-9-7-19-59(37)39-11-13-44-46(28-39)67-52(65-44)61(69-56(78)79,54(75)73(49)59)35-16-24-81-25-17-35/h10-13,27-28,31-37,47-49,68-69H,3-9,14-26,29-30H2,1-2H3,(H,64,66)(H,65,67)(H,76,77)(H,78,79)/t33-,36?,37?,47+,48?,49?,57-,58?,59-,60?,61-/m0/s1. The highest BCUT2D eigenvalue weighted by Crippen LogP contribution is 2.66. The van der Waals surface area contributed by atoms with E-state index in [1.807, 2.05) is 17.0 Å². The normalized spacial score (nSPS) is 35.8. The monoisotopic (exact) mass is 1110 g/mol. The van der Waals surface area contributed by atoms with Gasteiger partial charge in [-0.2, -0.15) is 0 Å². The number of hydrogen-bond donors (Lipinski definition) is 6. The molecule has 6 bridgehead atoms. The largest absolute Gasteiger partial charge is 0.465 e. The summed E-state index contributed by atoms with van der Waals surface area (Å²) < 4.78 is 47.1. The number of carboxylic acid groups (broad SMARTS) is 2. The summed E-state index contributed by atoms with van der Waals surface area (Å²) in [6.07, 6.45) is 7.35. The first-order chi connectivity index (χ1) is 39.1. The number of aromatic nitrogens is 4. The molecule has 81 heavy (non-hydrogen) atoms. The van der Waals surface area contributed by atoms with Crippen LogP contribution in [0.5, 0.6) is 0 Å². The fraction of sp³-hybridized carbons (Fsp3) is 0.607. The lowest BCUT2D eigenvalue weighted by Crippen LogP contribution is -2.71. The van der Waals surface area contributed by atoms with Crippen LogP contribution in [0.15, 0.2) is 48.5 Å². The Hall–Kier alpha value is -6.54. The van der Waals surface area contributed by atoms with Crippen molar-refractivity contribution >= 4 is 57.4 Å².